The average molecular weight is 661 g/mol. The van der Waals surface area contributed by atoms with Gasteiger partial charge in [0, 0.05) is 49.4 Å². The topological polar surface area (TPSA) is 83.2 Å². The maximum absolute atomic E-state index is 9.75. The van der Waals surface area contributed by atoms with Crippen LogP contribution in [-0.4, -0.2) is 19.1 Å². The van der Waals surface area contributed by atoms with Crippen LogP contribution in [0.5, 0.6) is 0 Å². The number of hydrogen-bond acceptors (Lipinski definition) is 4. The molecule has 0 saturated carbocycles. The molecule has 0 amide bonds. The molecule has 0 saturated heterocycles. The van der Waals surface area contributed by atoms with E-state index in [-0.39, 0.29) is 11.4 Å². The van der Waals surface area contributed by atoms with Crippen LogP contribution >= 0.6 is 0 Å². The summed E-state index contributed by atoms with van der Waals surface area (Å²) in [6, 6.07) is 55.9. The van der Waals surface area contributed by atoms with Crippen LogP contribution < -0.4 is 0 Å². The highest BCUT2D eigenvalue weighted by Gasteiger charge is 2.28. The maximum atomic E-state index is 9.75. The average Bonchev–Trinajstić information content (AvgIpc) is 3.84. The van der Waals surface area contributed by atoms with Crippen LogP contribution in [0.15, 0.2) is 146 Å². The third-order valence-corrected chi connectivity index (χ3v) is 10.5. The van der Waals surface area contributed by atoms with Crippen molar-refractivity contribution in [3.05, 3.63) is 157 Å². The molecular weight excluding hydrogens is 637 g/mol. The molecule has 1 aliphatic carbocycles. The molecular formula is C46H24N6. The van der Waals surface area contributed by atoms with Gasteiger partial charge in [-0.15, -0.1) is 0 Å². The van der Waals surface area contributed by atoms with E-state index in [4.69, 9.17) is 0 Å². The zero-order chi connectivity index (χ0) is 34.5. The van der Waals surface area contributed by atoms with Gasteiger partial charge in [0.2, 0.25) is 0 Å². The Kier molecular flexibility index (Phi) is 5.71. The fraction of sp³-hybridized carbons (Fsp3) is 0. The predicted molar refractivity (Wildman–Crippen MR) is 208 cm³/mol. The third-order valence-electron chi connectivity index (χ3n) is 10.5. The van der Waals surface area contributed by atoms with E-state index in [2.05, 4.69) is 165 Å². The van der Waals surface area contributed by atoms with Crippen molar-refractivity contribution in [2.75, 3.05) is 0 Å². The first kappa shape index (κ1) is 28.3. The van der Waals surface area contributed by atoms with E-state index in [1.165, 1.54) is 21.5 Å². The van der Waals surface area contributed by atoms with E-state index in [1.54, 1.807) is 0 Å². The number of rotatable bonds is 3. The highest BCUT2D eigenvalue weighted by atomic mass is 15.0. The van der Waals surface area contributed by atoms with Gasteiger partial charge in [-0.05, 0) is 59.0 Å². The Morgan fingerprint density at radius 1 is 0.404 bits per heavy atom. The number of aromatic nitrogens is 4. The van der Waals surface area contributed by atoms with Gasteiger partial charge < -0.3 is 9.13 Å². The number of hydrogen-bond donors (Lipinski definition) is 0. The summed E-state index contributed by atoms with van der Waals surface area (Å²) < 4.78 is 4.75. The van der Waals surface area contributed by atoms with Gasteiger partial charge in [0.05, 0.1) is 33.5 Å². The van der Waals surface area contributed by atoms with Gasteiger partial charge in [-0.1, -0.05) is 103 Å². The summed E-state index contributed by atoms with van der Waals surface area (Å²) in [6.07, 6.45) is 0. The van der Waals surface area contributed by atoms with Crippen molar-refractivity contribution < 1.29 is 0 Å². The fourth-order valence-electron chi connectivity index (χ4n) is 8.43. The fourth-order valence-corrected chi connectivity index (χ4v) is 8.43. The predicted octanol–water partition coefficient (Wildman–Crippen LogP) is 10.9. The Labute approximate surface area is 297 Å². The summed E-state index contributed by atoms with van der Waals surface area (Å²) in [4.78, 5) is 9.29. The Morgan fingerprint density at radius 2 is 0.808 bits per heavy atom. The highest BCUT2D eigenvalue weighted by molar-refractivity contribution is 6.18. The van der Waals surface area contributed by atoms with Crippen LogP contribution in [0.1, 0.15) is 11.4 Å². The minimum atomic E-state index is 0.0426. The van der Waals surface area contributed by atoms with E-state index < -0.39 is 0 Å². The van der Waals surface area contributed by atoms with Gasteiger partial charge in [0.1, 0.15) is 12.1 Å². The smallest absolute Gasteiger partial charge is 0.177 e. The Morgan fingerprint density at radius 3 is 1.27 bits per heavy atom. The molecule has 3 heterocycles. The Balaban J connectivity index is 1.24. The summed E-state index contributed by atoms with van der Waals surface area (Å²) in [5.41, 5.74) is 12.0. The lowest BCUT2D eigenvalue weighted by atomic mass is 9.94. The van der Waals surface area contributed by atoms with Crippen molar-refractivity contribution in [3.63, 3.8) is 0 Å². The van der Waals surface area contributed by atoms with Crippen molar-refractivity contribution >= 4 is 54.4 Å². The summed E-state index contributed by atoms with van der Waals surface area (Å²) in [6.45, 7) is 0. The minimum Gasteiger partial charge on any atom is -0.309 e. The molecule has 11 rings (SSSR count). The zero-order valence-electron chi connectivity index (χ0n) is 27.5. The molecule has 0 atom stereocenters. The van der Waals surface area contributed by atoms with Crippen LogP contribution in [0.25, 0.3) is 99.4 Å². The van der Waals surface area contributed by atoms with E-state index in [0.717, 1.165) is 66.5 Å². The van der Waals surface area contributed by atoms with Gasteiger partial charge in [-0.3, -0.25) is 0 Å². The normalized spacial score (nSPS) is 11.8. The Bertz CT molecular complexity index is 2990. The van der Waals surface area contributed by atoms with Crippen LogP contribution in [0.2, 0.25) is 0 Å². The van der Waals surface area contributed by atoms with Crippen molar-refractivity contribution in [1.82, 2.24) is 19.1 Å². The lowest BCUT2D eigenvalue weighted by molar-refractivity contribution is 1.13. The second-order valence-electron chi connectivity index (χ2n) is 13.2. The van der Waals surface area contributed by atoms with Crippen molar-refractivity contribution in [3.8, 4) is 57.2 Å². The quantitative estimate of drug-likeness (QED) is 0.189. The standard InChI is InChI=1S/C46H24N6/c47-25-38-39(26-48)50-46-37-21-20-30(35-14-9-15-36(44(35)37)45(46)49-38)27-22-28(51-40-16-5-1-10-31(40)32-11-2-6-17-41(32)51)24-29(23-27)52-42-18-7-3-12-33(42)34-13-4-8-19-43(34)52/h1-24H. The van der Waals surface area contributed by atoms with Crippen molar-refractivity contribution in [1.29, 1.82) is 10.5 Å². The molecule has 0 fully saturated rings. The van der Waals surface area contributed by atoms with Crippen molar-refractivity contribution in [2.24, 2.45) is 0 Å². The maximum Gasteiger partial charge on any atom is 0.177 e. The molecule has 0 radical (unpaired) electrons. The van der Waals surface area contributed by atoms with E-state index in [0.29, 0.717) is 11.4 Å². The van der Waals surface area contributed by atoms with Gasteiger partial charge >= 0.3 is 0 Å². The number of nitrogens with zero attached hydrogens (tertiary/aromatic N) is 6. The molecule has 3 aromatic heterocycles. The molecule has 0 spiro atoms. The van der Waals surface area contributed by atoms with E-state index >= 15 is 0 Å². The van der Waals surface area contributed by atoms with Gasteiger partial charge in [0.25, 0.3) is 0 Å². The summed E-state index contributed by atoms with van der Waals surface area (Å²) in [5, 5.41) is 26.4. The number of fused-ring (bicyclic) bond motifs is 9. The first-order valence-corrected chi connectivity index (χ1v) is 17.1. The molecule has 6 heteroatoms. The molecule has 6 nitrogen and oxygen atoms in total. The van der Waals surface area contributed by atoms with Crippen LogP contribution in [0.4, 0.5) is 0 Å². The van der Waals surface area contributed by atoms with E-state index in [9.17, 15) is 10.5 Å². The summed E-state index contributed by atoms with van der Waals surface area (Å²) in [7, 11) is 0. The molecule has 52 heavy (non-hydrogen) atoms. The molecule has 1 aliphatic rings. The largest absolute Gasteiger partial charge is 0.309 e. The lowest BCUT2D eigenvalue weighted by Crippen LogP contribution is -2.00. The zero-order valence-corrected chi connectivity index (χ0v) is 27.5. The minimum absolute atomic E-state index is 0.0426. The molecule has 10 aromatic rings. The summed E-state index contributed by atoms with van der Waals surface area (Å²) in [5.74, 6) is 0. The molecule has 0 aliphatic heterocycles. The molecule has 0 bridgehead atoms. The van der Waals surface area contributed by atoms with Crippen LogP contribution in [0, 0.1) is 22.7 Å². The van der Waals surface area contributed by atoms with E-state index in [1.807, 2.05) is 12.1 Å². The molecule has 7 aromatic carbocycles. The number of para-hydroxylation sites is 4. The third kappa shape index (κ3) is 3.75. The first-order valence-electron chi connectivity index (χ1n) is 17.1. The monoisotopic (exact) mass is 660 g/mol. The van der Waals surface area contributed by atoms with Crippen molar-refractivity contribution in [2.45, 2.75) is 0 Å². The molecule has 0 N–H and O–H groups in total. The second-order valence-corrected chi connectivity index (χ2v) is 13.2. The van der Waals surface area contributed by atoms with Gasteiger partial charge in [-0.2, -0.15) is 10.5 Å². The number of nitriles is 2. The molecule has 0 unspecified atom stereocenters. The second kappa shape index (κ2) is 10.5. The summed E-state index contributed by atoms with van der Waals surface area (Å²) >= 11 is 0. The number of benzene rings is 7. The molecule has 238 valence electrons. The highest BCUT2D eigenvalue weighted by Crippen LogP contribution is 2.48. The van der Waals surface area contributed by atoms with Crippen LogP contribution in [0.3, 0.4) is 0 Å². The van der Waals surface area contributed by atoms with Gasteiger partial charge in [-0.25, -0.2) is 9.97 Å². The SMILES string of the molecule is N#Cc1nc2c(nc1C#N)-c1ccc(-c3cc(-n4c5ccccc5c5ccccc54)cc(-n4c5ccccc5c5ccccc54)c3)c3cccc-2c13. The Hall–Kier alpha value is -7.54. The first-order chi connectivity index (χ1) is 25.7. The van der Waals surface area contributed by atoms with Gasteiger partial charge in [0.15, 0.2) is 11.4 Å². The lowest BCUT2D eigenvalue weighted by Gasteiger charge is -2.17. The van der Waals surface area contributed by atoms with Crippen LogP contribution in [-0.2, 0) is 0 Å².